The molecule has 0 bridgehead atoms. The second-order valence-corrected chi connectivity index (χ2v) is 6.76. The zero-order valence-corrected chi connectivity index (χ0v) is 14.5. The third-order valence-electron chi connectivity index (χ3n) is 5.24. The molecule has 0 spiro atoms. The standard InChI is InChI=1S/C24H15N3/c1-3-9-18-16(7-1)13-14-20-19-10-4-6-12-22(19)27(23(18)20)24-25-15-17-8-2-5-11-21(17)26-24/h1-15H. The summed E-state index contributed by atoms with van der Waals surface area (Å²) in [5.74, 6) is 0.705. The first-order valence-electron chi connectivity index (χ1n) is 9.03. The van der Waals surface area contributed by atoms with E-state index in [1.807, 2.05) is 30.5 Å². The van der Waals surface area contributed by atoms with Gasteiger partial charge in [-0.3, -0.25) is 4.57 Å². The lowest BCUT2D eigenvalue weighted by molar-refractivity contribution is 1.01. The molecule has 0 amide bonds. The number of hydrogen-bond acceptors (Lipinski definition) is 2. The number of benzene rings is 4. The van der Waals surface area contributed by atoms with Crippen molar-refractivity contribution in [2.45, 2.75) is 0 Å². The molecular formula is C24H15N3. The van der Waals surface area contributed by atoms with E-state index in [0.29, 0.717) is 5.95 Å². The Balaban J connectivity index is 1.84. The lowest BCUT2D eigenvalue weighted by Gasteiger charge is -2.08. The average Bonchev–Trinajstić information content (AvgIpc) is 3.08. The minimum atomic E-state index is 0.705. The highest BCUT2D eigenvalue weighted by Crippen LogP contribution is 2.35. The Morgan fingerprint density at radius 2 is 1.33 bits per heavy atom. The maximum Gasteiger partial charge on any atom is 0.235 e. The molecule has 0 unspecified atom stereocenters. The topological polar surface area (TPSA) is 30.7 Å². The summed E-state index contributed by atoms with van der Waals surface area (Å²) in [5, 5.41) is 5.92. The quantitative estimate of drug-likeness (QED) is 0.372. The summed E-state index contributed by atoms with van der Waals surface area (Å²) in [4.78, 5) is 9.58. The van der Waals surface area contributed by atoms with Crippen LogP contribution in [0, 0.1) is 0 Å². The Kier molecular flexibility index (Phi) is 2.88. The maximum absolute atomic E-state index is 4.88. The van der Waals surface area contributed by atoms with Gasteiger partial charge in [-0.2, -0.15) is 0 Å². The van der Waals surface area contributed by atoms with Gasteiger partial charge in [-0.15, -0.1) is 0 Å². The Bertz CT molecular complexity index is 1480. The van der Waals surface area contributed by atoms with E-state index in [1.165, 1.54) is 21.5 Å². The van der Waals surface area contributed by atoms with Crippen LogP contribution in [0.15, 0.2) is 91.1 Å². The van der Waals surface area contributed by atoms with E-state index in [2.05, 4.69) is 65.2 Å². The van der Waals surface area contributed by atoms with Crippen LogP contribution in [0.3, 0.4) is 0 Å². The number of nitrogens with zero attached hydrogens (tertiary/aromatic N) is 3. The van der Waals surface area contributed by atoms with E-state index >= 15 is 0 Å². The van der Waals surface area contributed by atoms with Crippen LogP contribution in [0.25, 0.3) is 49.4 Å². The van der Waals surface area contributed by atoms with Gasteiger partial charge >= 0.3 is 0 Å². The highest BCUT2D eigenvalue weighted by Gasteiger charge is 2.16. The number of para-hydroxylation sites is 2. The van der Waals surface area contributed by atoms with Crippen LogP contribution in [0.2, 0.25) is 0 Å². The van der Waals surface area contributed by atoms with Gasteiger partial charge in [0.1, 0.15) is 0 Å². The van der Waals surface area contributed by atoms with Gasteiger partial charge in [-0.1, -0.05) is 72.8 Å². The van der Waals surface area contributed by atoms with Crippen LogP contribution >= 0.6 is 0 Å². The van der Waals surface area contributed by atoms with Crippen LogP contribution in [0.5, 0.6) is 0 Å². The van der Waals surface area contributed by atoms with Crippen molar-refractivity contribution < 1.29 is 0 Å². The molecule has 3 heteroatoms. The maximum atomic E-state index is 4.88. The van der Waals surface area contributed by atoms with Gasteiger partial charge in [0.25, 0.3) is 0 Å². The molecule has 0 saturated carbocycles. The smallest absolute Gasteiger partial charge is 0.235 e. The van der Waals surface area contributed by atoms with Gasteiger partial charge in [-0.05, 0) is 17.5 Å². The first-order valence-corrected chi connectivity index (χ1v) is 9.03. The van der Waals surface area contributed by atoms with Crippen molar-refractivity contribution in [1.29, 1.82) is 0 Å². The van der Waals surface area contributed by atoms with Crippen molar-refractivity contribution in [1.82, 2.24) is 14.5 Å². The molecule has 0 aliphatic heterocycles. The van der Waals surface area contributed by atoms with Crippen molar-refractivity contribution in [2.75, 3.05) is 0 Å². The van der Waals surface area contributed by atoms with E-state index < -0.39 is 0 Å². The molecule has 27 heavy (non-hydrogen) atoms. The summed E-state index contributed by atoms with van der Waals surface area (Å²) in [5.41, 5.74) is 3.23. The molecular weight excluding hydrogens is 330 g/mol. The number of aromatic nitrogens is 3. The Morgan fingerprint density at radius 1 is 0.593 bits per heavy atom. The van der Waals surface area contributed by atoms with Gasteiger partial charge < -0.3 is 0 Å². The molecule has 4 aromatic carbocycles. The first-order chi connectivity index (χ1) is 13.4. The largest absolute Gasteiger partial charge is 0.277 e. The third-order valence-corrected chi connectivity index (χ3v) is 5.24. The molecule has 2 aromatic heterocycles. The fourth-order valence-corrected chi connectivity index (χ4v) is 4.01. The third kappa shape index (κ3) is 2.02. The zero-order chi connectivity index (χ0) is 17.8. The second-order valence-electron chi connectivity index (χ2n) is 6.76. The Morgan fingerprint density at radius 3 is 2.26 bits per heavy atom. The predicted molar refractivity (Wildman–Crippen MR) is 111 cm³/mol. The minimum Gasteiger partial charge on any atom is -0.277 e. The molecule has 0 aliphatic carbocycles. The van der Waals surface area contributed by atoms with Gasteiger partial charge in [0, 0.05) is 27.7 Å². The van der Waals surface area contributed by atoms with Crippen LogP contribution in [0.4, 0.5) is 0 Å². The number of fused-ring (bicyclic) bond motifs is 6. The van der Waals surface area contributed by atoms with Crippen LogP contribution in [-0.2, 0) is 0 Å². The molecule has 0 radical (unpaired) electrons. The lowest BCUT2D eigenvalue weighted by Crippen LogP contribution is -2.01. The first kappa shape index (κ1) is 14.4. The highest BCUT2D eigenvalue weighted by molar-refractivity contribution is 6.18. The van der Waals surface area contributed by atoms with E-state index in [9.17, 15) is 0 Å². The number of rotatable bonds is 1. The van der Waals surface area contributed by atoms with Crippen molar-refractivity contribution >= 4 is 43.5 Å². The average molecular weight is 345 g/mol. The summed E-state index contributed by atoms with van der Waals surface area (Å²) in [6, 6.07) is 29.5. The molecule has 0 aliphatic rings. The van der Waals surface area contributed by atoms with E-state index in [4.69, 9.17) is 9.97 Å². The van der Waals surface area contributed by atoms with Crippen molar-refractivity contribution in [3.8, 4) is 5.95 Å². The molecule has 0 saturated heterocycles. The van der Waals surface area contributed by atoms with Crippen molar-refractivity contribution in [2.24, 2.45) is 0 Å². The molecule has 6 rings (SSSR count). The molecule has 0 atom stereocenters. The molecule has 0 fully saturated rings. The summed E-state index contributed by atoms with van der Waals surface area (Å²) in [6.07, 6.45) is 1.91. The van der Waals surface area contributed by atoms with Crippen LogP contribution < -0.4 is 0 Å². The van der Waals surface area contributed by atoms with Crippen molar-refractivity contribution in [3.63, 3.8) is 0 Å². The summed E-state index contributed by atoms with van der Waals surface area (Å²) >= 11 is 0. The monoisotopic (exact) mass is 345 g/mol. The normalized spacial score (nSPS) is 11.7. The zero-order valence-electron chi connectivity index (χ0n) is 14.5. The van der Waals surface area contributed by atoms with E-state index in [1.54, 1.807) is 0 Å². The predicted octanol–water partition coefficient (Wildman–Crippen LogP) is 5.88. The van der Waals surface area contributed by atoms with E-state index in [0.717, 1.165) is 21.9 Å². The number of hydrogen-bond donors (Lipinski definition) is 0. The van der Waals surface area contributed by atoms with Gasteiger partial charge in [0.05, 0.1) is 16.6 Å². The summed E-state index contributed by atoms with van der Waals surface area (Å²) in [7, 11) is 0. The molecule has 2 heterocycles. The lowest BCUT2D eigenvalue weighted by atomic mass is 10.1. The fourth-order valence-electron chi connectivity index (χ4n) is 4.01. The summed E-state index contributed by atoms with van der Waals surface area (Å²) < 4.78 is 2.19. The molecule has 126 valence electrons. The van der Waals surface area contributed by atoms with Crippen LogP contribution in [-0.4, -0.2) is 14.5 Å². The molecule has 3 nitrogen and oxygen atoms in total. The molecule has 6 aromatic rings. The SMILES string of the molecule is c1ccc2nc(-n3c4ccccc4c4ccc5ccccc5c43)ncc2c1. The van der Waals surface area contributed by atoms with Crippen LogP contribution in [0.1, 0.15) is 0 Å². The van der Waals surface area contributed by atoms with E-state index in [-0.39, 0.29) is 0 Å². The fraction of sp³-hybridized carbons (Fsp3) is 0. The van der Waals surface area contributed by atoms with Gasteiger partial charge in [0.2, 0.25) is 5.95 Å². The Labute approximate surface area is 155 Å². The van der Waals surface area contributed by atoms with Crippen molar-refractivity contribution in [3.05, 3.63) is 91.1 Å². The Hall–Kier alpha value is -3.72. The summed E-state index contributed by atoms with van der Waals surface area (Å²) in [6.45, 7) is 0. The minimum absolute atomic E-state index is 0.705. The highest BCUT2D eigenvalue weighted by atomic mass is 15.2. The van der Waals surface area contributed by atoms with Gasteiger partial charge in [-0.25, -0.2) is 9.97 Å². The molecule has 0 N–H and O–H groups in total. The van der Waals surface area contributed by atoms with Gasteiger partial charge in [0.15, 0.2) is 0 Å². The second kappa shape index (κ2) is 5.39.